The van der Waals surface area contributed by atoms with Crippen LogP contribution < -0.4 is 10.2 Å². The highest BCUT2D eigenvalue weighted by molar-refractivity contribution is 5.62. The molecule has 2 aliphatic heterocycles. The van der Waals surface area contributed by atoms with Gasteiger partial charge in [0.15, 0.2) is 11.6 Å². The van der Waals surface area contributed by atoms with Crippen molar-refractivity contribution in [3.8, 4) is 0 Å². The lowest BCUT2D eigenvalue weighted by molar-refractivity contribution is 0.193. The normalized spacial score (nSPS) is 17.6. The fraction of sp³-hybridized carbons (Fsp3) is 0.448. The number of piperidine rings is 1. The summed E-state index contributed by atoms with van der Waals surface area (Å²) in [6.07, 6.45) is 0.490. The molecule has 3 heterocycles. The number of rotatable bonds is 7. The summed E-state index contributed by atoms with van der Waals surface area (Å²) < 4.78 is 42.6. The van der Waals surface area contributed by atoms with Crippen LogP contribution in [0.4, 0.5) is 24.8 Å². The molecule has 0 radical (unpaired) electrons. The Hall–Kier alpha value is -3.13. The largest absolute Gasteiger partial charge is 0.365 e. The Labute approximate surface area is 216 Å². The first-order valence-corrected chi connectivity index (χ1v) is 13.1. The van der Waals surface area contributed by atoms with E-state index >= 15 is 4.39 Å². The maximum atomic E-state index is 15.2. The summed E-state index contributed by atoms with van der Waals surface area (Å²) in [6, 6.07) is 13.7. The molecule has 8 heteroatoms. The number of alkyl halides is 1. The van der Waals surface area contributed by atoms with E-state index in [-0.39, 0.29) is 17.5 Å². The van der Waals surface area contributed by atoms with Gasteiger partial charge in [-0.25, -0.2) is 23.1 Å². The van der Waals surface area contributed by atoms with E-state index in [4.69, 9.17) is 9.97 Å². The molecule has 1 N–H and O–H groups in total. The molecule has 3 aromatic rings. The van der Waals surface area contributed by atoms with Gasteiger partial charge in [0.2, 0.25) is 0 Å². The van der Waals surface area contributed by atoms with Crippen molar-refractivity contribution in [2.24, 2.45) is 5.92 Å². The summed E-state index contributed by atoms with van der Waals surface area (Å²) in [7, 11) is 0. The molecule has 1 fully saturated rings. The summed E-state index contributed by atoms with van der Waals surface area (Å²) in [5.74, 6) is -0.265. The third-order valence-corrected chi connectivity index (χ3v) is 7.26. The molecule has 2 aromatic carbocycles. The van der Waals surface area contributed by atoms with Gasteiger partial charge >= 0.3 is 0 Å². The Balaban J connectivity index is 1.30. The fourth-order valence-electron chi connectivity index (χ4n) is 5.33. The number of nitrogens with zero attached hydrogens (tertiary/aromatic N) is 4. The number of nitrogens with one attached hydrogen (secondary N) is 1. The van der Waals surface area contributed by atoms with Crippen molar-refractivity contribution in [1.29, 1.82) is 0 Å². The molecule has 0 saturated carbocycles. The number of anilines is 2. The van der Waals surface area contributed by atoms with E-state index in [1.807, 2.05) is 6.07 Å². The molecule has 0 spiro atoms. The van der Waals surface area contributed by atoms with Gasteiger partial charge in [0.25, 0.3) is 0 Å². The Morgan fingerprint density at radius 2 is 1.73 bits per heavy atom. The third kappa shape index (κ3) is 5.90. The predicted molar refractivity (Wildman–Crippen MR) is 140 cm³/mol. The highest BCUT2D eigenvalue weighted by atomic mass is 19.1. The van der Waals surface area contributed by atoms with Crippen molar-refractivity contribution in [2.45, 2.75) is 58.4 Å². The Kier molecular flexibility index (Phi) is 7.65. The van der Waals surface area contributed by atoms with Gasteiger partial charge in [-0.3, -0.25) is 4.90 Å². The molecule has 1 atom stereocenters. The molecule has 0 aliphatic carbocycles. The zero-order valence-electron chi connectivity index (χ0n) is 21.4. The molecule has 5 rings (SSSR count). The van der Waals surface area contributed by atoms with Gasteiger partial charge < -0.3 is 10.2 Å². The smallest absolute Gasteiger partial charge is 0.172 e. The lowest BCUT2D eigenvalue weighted by Gasteiger charge is -2.36. The third-order valence-electron chi connectivity index (χ3n) is 7.26. The van der Waals surface area contributed by atoms with Gasteiger partial charge in [0, 0.05) is 56.8 Å². The first-order chi connectivity index (χ1) is 17.9. The van der Waals surface area contributed by atoms with E-state index in [0.29, 0.717) is 25.9 Å². The van der Waals surface area contributed by atoms with Gasteiger partial charge in [-0.2, -0.15) is 0 Å². The van der Waals surface area contributed by atoms with E-state index in [1.165, 1.54) is 11.6 Å². The molecule has 0 bridgehead atoms. The zero-order valence-corrected chi connectivity index (χ0v) is 21.4. The van der Waals surface area contributed by atoms with E-state index in [1.54, 1.807) is 0 Å². The molecule has 2 aliphatic rings. The van der Waals surface area contributed by atoms with Crippen molar-refractivity contribution >= 4 is 11.6 Å². The minimum Gasteiger partial charge on any atom is -0.365 e. The Morgan fingerprint density at radius 3 is 2.43 bits per heavy atom. The Morgan fingerprint density at radius 1 is 0.973 bits per heavy atom. The SMILES string of the molecule is CC(C)Nc1nc2c(nc1N1CCC(C(F)c3ccc(F)cc3F)CC1)CCN(Cc1ccccc1)C2. The molecule has 1 unspecified atom stereocenters. The van der Waals surface area contributed by atoms with E-state index in [0.717, 1.165) is 61.2 Å². The van der Waals surface area contributed by atoms with Crippen LogP contribution in [0.3, 0.4) is 0 Å². The minimum atomic E-state index is -1.46. The standard InChI is InChI=1S/C29H34F3N5/c1-19(2)33-28-29(35-25-12-13-36(18-26(25)34-28)17-20-6-4-3-5-7-20)37-14-10-21(11-15-37)27(32)23-9-8-22(30)16-24(23)31/h3-9,16,19,21,27H,10-15,17-18H2,1-2H3,(H,33,34). The van der Waals surface area contributed by atoms with Gasteiger partial charge in [0.1, 0.15) is 17.8 Å². The lowest BCUT2D eigenvalue weighted by atomic mass is 9.88. The van der Waals surface area contributed by atoms with Crippen LogP contribution in [0.5, 0.6) is 0 Å². The average molecular weight is 510 g/mol. The molecule has 0 amide bonds. The summed E-state index contributed by atoms with van der Waals surface area (Å²) in [5, 5.41) is 3.46. The van der Waals surface area contributed by atoms with Crippen molar-refractivity contribution in [2.75, 3.05) is 29.9 Å². The van der Waals surface area contributed by atoms with E-state index < -0.39 is 17.8 Å². The summed E-state index contributed by atoms with van der Waals surface area (Å²) in [5.41, 5.74) is 3.24. The highest BCUT2D eigenvalue weighted by Crippen LogP contribution is 2.37. The second kappa shape index (κ2) is 11.1. The number of aromatic nitrogens is 2. The number of hydrogen-bond acceptors (Lipinski definition) is 5. The maximum absolute atomic E-state index is 15.2. The van der Waals surface area contributed by atoms with Crippen LogP contribution in [-0.4, -0.2) is 40.5 Å². The van der Waals surface area contributed by atoms with Crippen LogP contribution in [0.1, 0.15) is 55.4 Å². The van der Waals surface area contributed by atoms with Crippen molar-refractivity contribution in [3.63, 3.8) is 0 Å². The van der Waals surface area contributed by atoms with E-state index in [9.17, 15) is 8.78 Å². The first kappa shape index (κ1) is 25.5. The summed E-state index contributed by atoms with van der Waals surface area (Å²) in [4.78, 5) is 14.6. The quantitative estimate of drug-likeness (QED) is 0.419. The van der Waals surface area contributed by atoms with Gasteiger partial charge in [-0.15, -0.1) is 0 Å². The first-order valence-electron chi connectivity index (χ1n) is 13.1. The van der Waals surface area contributed by atoms with Crippen LogP contribution in [0.15, 0.2) is 48.5 Å². The van der Waals surface area contributed by atoms with Crippen LogP contribution in [0.2, 0.25) is 0 Å². The number of benzene rings is 2. The van der Waals surface area contributed by atoms with Crippen LogP contribution in [0, 0.1) is 17.6 Å². The summed E-state index contributed by atoms with van der Waals surface area (Å²) in [6.45, 7) is 7.90. The summed E-state index contributed by atoms with van der Waals surface area (Å²) >= 11 is 0. The van der Waals surface area contributed by atoms with Crippen LogP contribution in [0.25, 0.3) is 0 Å². The molecule has 1 saturated heterocycles. The second-order valence-corrected chi connectivity index (χ2v) is 10.4. The monoisotopic (exact) mass is 509 g/mol. The molecule has 37 heavy (non-hydrogen) atoms. The molecule has 196 valence electrons. The van der Waals surface area contributed by atoms with E-state index in [2.05, 4.69) is 53.2 Å². The molecule has 1 aromatic heterocycles. The second-order valence-electron chi connectivity index (χ2n) is 10.4. The zero-order chi connectivity index (χ0) is 25.9. The van der Waals surface area contributed by atoms with Crippen molar-refractivity contribution < 1.29 is 13.2 Å². The fourth-order valence-corrected chi connectivity index (χ4v) is 5.33. The molecule has 5 nitrogen and oxygen atoms in total. The van der Waals surface area contributed by atoms with Crippen molar-refractivity contribution in [1.82, 2.24) is 14.9 Å². The highest BCUT2D eigenvalue weighted by Gasteiger charge is 2.32. The topological polar surface area (TPSA) is 44.3 Å². The molecular formula is C29H34F3N5. The van der Waals surface area contributed by atoms with Crippen molar-refractivity contribution in [3.05, 3.63) is 82.7 Å². The van der Waals surface area contributed by atoms with Gasteiger partial charge in [-0.05, 0) is 44.2 Å². The number of fused-ring (bicyclic) bond motifs is 1. The lowest BCUT2D eigenvalue weighted by Crippen LogP contribution is -2.38. The molecular weight excluding hydrogens is 475 g/mol. The predicted octanol–water partition coefficient (Wildman–Crippen LogP) is 6.06. The average Bonchev–Trinajstić information content (AvgIpc) is 2.88. The number of halogens is 3. The van der Waals surface area contributed by atoms with Crippen LogP contribution >= 0.6 is 0 Å². The van der Waals surface area contributed by atoms with Crippen LogP contribution in [-0.2, 0) is 19.5 Å². The van der Waals surface area contributed by atoms with Gasteiger partial charge in [-0.1, -0.05) is 36.4 Å². The maximum Gasteiger partial charge on any atom is 0.172 e. The minimum absolute atomic E-state index is 0.0596. The number of hydrogen-bond donors (Lipinski definition) is 1. The Bertz CT molecular complexity index is 1210. The van der Waals surface area contributed by atoms with Gasteiger partial charge in [0.05, 0.1) is 11.4 Å².